The van der Waals surface area contributed by atoms with E-state index in [-0.39, 0.29) is 6.42 Å². The van der Waals surface area contributed by atoms with Crippen molar-refractivity contribution in [1.82, 2.24) is 0 Å². The van der Waals surface area contributed by atoms with Gasteiger partial charge in [0.05, 0.1) is 0 Å². The largest absolute Gasteiger partial charge is 0.550 e. The fourth-order valence-electron chi connectivity index (χ4n) is 2.45. The molecule has 0 bridgehead atoms. The molecule has 0 N–H and O–H groups in total. The van der Waals surface area contributed by atoms with Gasteiger partial charge in [0.25, 0.3) is 0 Å². The van der Waals surface area contributed by atoms with E-state index in [0.29, 0.717) is 0 Å². The molecule has 84 valence electrons. The number of carbonyl (C=O) groups excluding carboxylic acids is 2. The summed E-state index contributed by atoms with van der Waals surface area (Å²) in [5, 5.41) is 21.8. The van der Waals surface area contributed by atoms with Crippen molar-refractivity contribution in [3.05, 3.63) is 11.6 Å². The van der Waals surface area contributed by atoms with Crippen LogP contribution >= 0.6 is 0 Å². The minimum Gasteiger partial charge on any atom is -0.550 e. The van der Waals surface area contributed by atoms with Crippen molar-refractivity contribution >= 4 is 11.9 Å². The molecule has 0 aromatic rings. The Kier molecular flexibility index (Phi) is 2.88. The normalized spacial score (nSPS) is 29.4. The van der Waals surface area contributed by atoms with Crippen LogP contribution in [0.25, 0.3) is 0 Å². The molecule has 4 heteroatoms. The fraction of sp³-hybridized carbons (Fsp3) is 0.636. The van der Waals surface area contributed by atoms with Crippen molar-refractivity contribution in [3.8, 4) is 0 Å². The van der Waals surface area contributed by atoms with Gasteiger partial charge in [-0.15, -0.1) is 0 Å². The molecular formula is C11H14O4-2. The first-order valence-corrected chi connectivity index (χ1v) is 4.86. The van der Waals surface area contributed by atoms with Gasteiger partial charge < -0.3 is 19.8 Å². The average Bonchev–Trinajstić information content (AvgIpc) is 1.98. The molecule has 15 heavy (non-hydrogen) atoms. The molecule has 1 aliphatic carbocycles. The molecule has 0 radical (unpaired) electrons. The summed E-state index contributed by atoms with van der Waals surface area (Å²) in [6.45, 7) is 5.20. The Balaban J connectivity index is 3.16. The van der Waals surface area contributed by atoms with Crippen molar-refractivity contribution in [3.63, 3.8) is 0 Å². The highest BCUT2D eigenvalue weighted by Crippen LogP contribution is 2.41. The second-order valence-electron chi connectivity index (χ2n) is 4.74. The van der Waals surface area contributed by atoms with Crippen LogP contribution in [0.4, 0.5) is 0 Å². The number of aliphatic carboxylic acids is 2. The van der Waals surface area contributed by atoms with Crippen LogP contribution in [-0.2, 0) is 9.59 Å². The first-order valence-electron chi connectivity index (χ1n) is 4.86. The minimum atomic E-state index is -1.32. The van der Waals surface area contributed by atoms with Gasteiger partial charge in [0.2, 0.25) is 0 Å². The number of carboxylic acid groups (broad SMARTS) is 2. The van der Waals surface area contributed by atoms with Gasteiger partial charge >= 0.3 is 0 Å². The quantitative estimate of drug-likeness (QED) is 0.553. The summed E-state index contributed by atoms with van der Waals surface area (Å²) in [6.07, 6.45) is 2.03. The van der Waals surface area contributed by atoms with E-state index in [1.807, 2.05) is 0 Å². The first-order chi connectivity index (χ1) is 6.75. The molecule has 0 fully saturated rings. The molecule has 0 unspecified atom stereocenters. The van der Waals surface area contributed by atoms with E-state index < -0.39 is 29.2 Å². The van der Waals surface area contributed by atoms with E-state index in [4.69, 9.17) is 0 Å². The van der Waals surface area contributed by atoms with Crippen LogP contribution in [0, 0.1) is 17.3 Å². The number of allylic oxidation sites excluding steroid dienone is 2. The van der Waals surface area contributed by atoms with Gasteiger partial charge in [0, 0.05) is 23.8 Å². The second-order valence-corrected chi connectivity index (χ2v) is 4.74. The van der Waals surface area contributed by atoms with Crippen molar-refractivity contribution in [2.24, 2.45) is 17.3 Å². The molecular weight excluding hydrogens is 196 g/mol. The van der Waals surface area contributed by atoms with Crippen LogP contribution in [-0.4, -0.2) is 11.9 Å². The van der Waals surface area contributed by atoms with Gasteiger partial charge in [-0.3, -0.25) is 0 Å². The maximum absolute atomic E-state index is 11.0. The predicted octanol–water partition coefficient (Wildman–Crippen LogP) is -0.905. The highest BCUT2D eigenvalue weighted by Gasteiger charge is 2.39. The third kappa shape index (κ3) is 2.19. The zero-order valence-electron chi connectivity index (χ0n) is 9.07. The molecule has 4 nitrogen and oxygen atoms in total. The topological polar surface area (TPSA) is 80.3 Å². The summed E-state index contributed by atoms with van der Waals surface area (Å²) >= 11 is 0. The lowest BCUT2D eigenvalue weighted by molar-refractivity contribution is -0.330. The second kappa shape index (κ2) is 3.68. The third-order valence-electron chi connectivity index (χ3n) is 2.92. The standard InChI is InChI=1S/C11H16O4/c1-6-4-7(9(12)13)8(10(14)15)11(2,3)5-6/h5,7-8H,4H2,1-3H3,(H,12,13)(H,14,15)/p-2/t7-,8+/m1/s1. The Hall–Kier alpha value is -1.32. The maximum atomic E-state index is 11.0. The smallest absolute Gasteiger partial charge is 0.0460 e. The Bertz CT molecular complexity index is 327. The fourth-order valence-corrected chi connectivity index (χ4v) is 2.45. The molecule has 1 rings (SSSR count). The summed E-state index contributed by atoms with van der Waals surface area (Å²) in [5.74, 6) is -4.65. The molecule has 0 aromatic carbocycles. The summed E-state index contributed by atoms with van der Waals surface area (Å²) in [6, 6.07) is 0. The van der Waals surface area contributed by atoms with Gasteiger partial charge in [0.1, 0.15) is 0 Å². The average molecular weight is 210 g/mol. The summed E-state index contributed by atoms with van der Waals surface area (Å²) in [5.41, 5.74) is 0.179. The Morgan fingerprint density at radius 1 is 1.33 bits per heavy atom. The van der Waals surface area contributed by atoms with E-state index in [0.717, 1.165) is 5.57 Å². The van der Waals surface area contributed by atoms with Crippen molar-refractivity contribution in [1.29, 1.82) is 0 Å². The number of carbonyl (C=O) groups is 2. The van der Waals surface area contributed by atoms with Gasteiger partial charge in [-0.1, -0.05) is 25.5 Å². The molecule has 0 spiro atoms. The highest BCUT2D eigenvalue weighted by molar-refractivity contribution is 5.79. The van der Waals surface area contributed by atoms with Crippen molar-refractivity contribution in [2.75, 3.05) is 0 Å². The van der Waals surface area contributed by atoms with Crippen molar-refractivity contribution < 1.29 is 19.8 Å². The van der Waals surface area contributed by atoms with Gasteiger partial charge in [-0.2, -0.15) is 0 Å². The van der Waals surface area contributed by atoms with Crippen LogP contribution in [0.15, 0.2) is 11.6 Å². The lowest BCUT2D eigenvalue weighted by Gasteiger charge is -2.43. The zero-order chi connectivity index (χ0) is 11.8. The Morgan fingerprint density at radius 2 is 1.87 bits per heavy atom. The van der Waals surface area contributed by atoms with E-state index in [1.54, 1.807) is 26.8 Å². The lowest BCUT2D eigenvalue weighted by Crippen LogP contribution is -2.51. The monoisotopic (exact) mass is 210 g/mol. The number of hydrogen-bond donors (Lipinski definition) is 0. The summed E-state index contributed by atoms with van der Waals surface area (Å²) in [4.78, 5) is 21.8. The van der Waals surface area contributed by atoms with Crippen LogP contribution in [0.1, 0.15) is 27.2 Å². The van der Waals surface area contributed by atoms with Crippen LogP contribution < -0.4 is 10.2 Å². The Morgan fingerprint density at radius 3 is 2.27 bits per heavy atom. The highest BCUT2D eigenvalue weighted by atomic mass is 16.4. The molecule has 1 aliphatic rings. The summed E-state index contributed by atoms with van der Waals surface area (Å²) < 4.78 is 0. The lowest BCUT2D eigenvalue weighted by atomic mass is 9.65. The van der Waals surface area contributed by atoms with Gasteiger partial charge in [-0.05, 0) is 18.8 Å². The first kappa shape index (κ1) is 11.8. The molecule has 0 saturated heterocycles. The summed E-state index contributed by atoms with van der Waals surface area (Å²) in [7, 11) is 0. The molecule has 0 saturated carbocycles. The number of hydrogen-bond acceptors (Lipinski definition) is 4. The van der Waals surface area contributed by atoms with Gasteiger partial charge in [0.15, 0.2) is 0 Å². The molecule has 0 aliphatic heterocycles. The Labute approximate surface area is 88.6 Å². The van der Waals surface area contributed by atoms with Gasteiger partial charge in [-0.25, -0.2) is 0 Å². The number of rotatable bonds is 2. The van der Waals surface area contributed by atoms with E-state index in [1.165, 1.54) is 0 Å². The molecule has 0 amide bonds. The minimum absolute atomic E-state index is 0.227. The van der Waals surface area contributed by atoms with Crippen LogP contribution in [0.5, 0.6) is 0 Å². The zero-order valence-corrected chi connectivity index (χ0v) is 9.07. The molecule has 0 heterocycles. The molecule has 2 atom stereocenters. The van der Waals surface area contributed by atoms with E-state index in [2.05, 4.69) is 0 Å². The van der Waals surface area contributed by atoms with Crippen molar-refractivity contribution in [2.45, 2.75) is 27.2 Å². The van der Waals surface area contributed by atoms with Crippen LogP contribution in [0.2, 0.25) is 0 Å². The SMILES string of the molecule is CC1=CC(C)(C)[C@H](C(=O)[O-])[C@H](C(=O)[O-])C1. The molecule has 0 aromatic heterocycles. The maximum Gasteiger partial charge on any atom is 0.0460 e. The predicted molar refractivity (Wildman–Crippen MR) is 49.1 cm³/mol. The van der Waals surface area contributed by atoms with E-state index >= 15 is 0 Å². The third-order valence-corrected chi connectivity index (χ3v) is 2.92. The number of carboxylic acids is 2. The van der Waals surface area contributed by atoms with E-state index in [9.17, 15) is 19.8 Å². The van der Waals surface area contributed by atoms with Crippen LogP contribution in [0.3, 0.4) is 0 Å².